The third-order valence-electron chi connectivity index (χ3n) is 3.27. The largest absolute Gasteiger partial charge is 0.348 e. The molecule has 0 aliphatic carbocycles. The quantitative estimate of drug-likeness (QED) is 0.839. The molecule has 2 heterocycles. The number of H-pyrrole nitrogens is 1. The SMILES string of the molecule is Cc1nc(SCC(=O)N[C@@H]2CCSc3c(F)cccc32)n[nH]1. The van der Waals surface area contributed by atoms with Gasteiger partial charge in [0.15, 0.2) is 0 Å². The van der Waals surface area contributed by atoms with Crippen LogP contribution in [-0.2, 0) is 4.79 Å². The zero-order chi connectivity index (χ0) is 15.5. The van der Waals surface area contributed by atoms with E-state index in [1.165, 1.54) is 29.6 Å². The molecule has 1 aromatic heterocycles. The van der Waals surface area contributed by atoms with Gasteiger partial charge in [0.05, 0.1) is 11.8 Å². The second kappa shape index (κ2) is 6.70. The summed E-state index contributed by atoms with van der Waals surface area (Å²) in [7, 11) is 0. The molecule has 1 aromatic carbocycles. The zero-order valence-corrected chi connectivity index (χ0v) is 13.6. The van der Waals surface area contributed by atoms with Crippen LogP contribution in [0.3, 0.4) is 0 Å². The van der Waals surface area contributed by atoms with Crippen molar-refractivity contribution in [3.63, 3.8) is 0 Å². The Morgan fingerprint density at radius 3 is 3.23 bits per heavy atom. The number of hydrogen-bond acceptors (Lipinski definition) is 5. The van der Waals surface area contributed by atoms with Gasteiger partial charge in [-0.15, -0.1) is 16.9 Å². The Kier molecular flexibility index (Phi) is 4.68. The second-order valence-corrected chi connectivity index (χ2v) is 6.96. The molecule has 0 radical (unpaired) electrons. The van der Waals surface area contributed by atoms with Crippen LogP contribution < -0.4 is 5.32 Å². The van der Waals surface area contributed by atoms with Crippen molar-refractivity contribution in [1.29, 1.82) is 0 Å². The third kappa shape index (κ3) is 3.44. The van der Waals surface area contributed by atoms with Crippen molar-refractivity contribution in [2.24, 2.45) is 0 Å². The molecule has 2 N–H and O–H groups in total. The molecule has 0 saturated carbocycles. The van der Waals surface area contributed by atoms with Gasteiger partial charge in [-0.1, -0.05) is 23.9 Å². The number of fused-ring (bicyclic) bond motifs is 1. The lowest BCUT2D eigenvalue weighted by Gasteiger charge is -2.26. The van der Waals surface area contributed by atoms with E-state index in [-0.39, 0.29) is 23.5 Å². The number of hydrogen-bond donors (Lipinski definition) is 2. The Bertz CT molecular complexity index is 691. The standard InChI is InChI=1S/C14H15FN4OS2/c1-8-16-14(19-18-8)22-7-12(20)17-11-5-6-21-13-9(11)3-2-4-10(13)15/h2-4,11H,5-7H2,1H3,(H,17,20)(H,16,18,19)/t11-/m1/s1. The maximum Gasteiger partial charge on any atom is 0.230 e. The summed E-state index contributed by atoms with van der Waals surface area (Å²) in [5.74, 6) is 1.45. The summed E-state index contributed by atoms with van der Waals surface area (Å²) in [6.07, 6.45) is 0.803. The van der Waals surface area contributed by atoms with E-state index in [1.807, 2.05) is 13.0 Å². The van der Waals surface area contributed by atoms with E-state index in [0.717, 1.165) is 23.6 Å². The molecule has 2 aromatic rings. The number of aryl methyl sites for hydroxylation is 1. The first-order valence-electron chi connectivity index (χ1n) is 6.86. The minimum atomic E-state index is -0.216. The number of thioether (sulfide) groups is 2. The maximum absolute atomic E-state index is 13.8. The van der Waals surface area contributed by atoms with Gasteiger partial charge < -0.3 is 5.32 Å². The van der Waals surface area contributed by atoms with E-state index in [1.54, 1.807) is 6.07 Å². The number of nitrogens with one attached hydrogen (secondary N) is 2. The van der Waals surface area contributed by atoms with Crippen LogP contribution in [0.4, 0.5) is 4.39 Å². The lowest BCUT2D eigenvalue weighted by atomic mass is 10.0. The number of nitrogens with zero attached hydrogens (tertiary/aromatic N) is 2. The predicted octanol–water partition coefficient (Wildman–Crippen LogP) is 2.70. The second-order valence-electron chi connectivity index (χ2n) is 4.91. The number of halogens is 1. The number of carbonyl (C=O) groups is 1. The smallest absolute Gasteiger partial charge is 0.230 e. The summed E-state index contributed by atoms with van der Waals surface area (Å²) in [5.41, 5.74) is 0.864. The highest BCUT2D eigenvalue weighted by atomic mass is 32.2. The van der Waals surface area contributed by atoms with Crippen molar-refractivity contribution < 1.29 is 9.18 Å². The lowest BCUT2D eigenvalue weighted by molar-refractivity contribution is -0.119. The first kappa shape index (κ1) is 15.4. The number of benzene rings is 1. The van der Waals surface area contributed by atoms with Gasteiger partial charge >= 0.3 is 0 Å². The molecule has 22 heavy (non-hydrogen) atoms. The Labute approximate surface area is 135 Å². The van der Waals surface area contributed by atoms with Crippen LogP contribution >= 0.6 is 23.5 Å². The number of rotatable bonds is 4. The molecular weight excluding hydrogens is 323 g/mol. The highest BCUT2D eigenvalue weighted by Crippen LogP contribution is 2.37. The molecule has 3 rings (SSSR count). The lowest BCUT2D eigenvalue weighted by Crippen LogP contribution is -2.32. The normalized spacial score (nSPS) is 17.1. The molecule has 1 amide bonds. The summed E-state index contributed by atoms with van der Waals surface area (Å²) >= 11 is 2.78. The van der Waals surface area contributed by atoms with E-state index >= 15 is 0 Å². The minimum Gasteiger partial charge on any atom is -0.348 e. The summed E-state index contributed by atoms with van der Waals surface area (Å²) in [6, 6.07) is 4.89. The summed E-state index contributed by atoms with van der Waals surface area (Å²) < 4.78 is 13.8. The predicted molar refractivity (Wildman–Crippen MR) is 84.5 cm³/mol. The first-order valence-corrected chi connectivity index (χ1v) is 8.83. The first-order chi connectivity index (χ1) is 10.6. The molecule has 0 saturated heterocycles. The maximum atomic E-state index is 13.8. The van der Waals surface area contributed by atoms with E-state index in [2.05, 4.69) is 20.5 Å². The van der Waals surface area contributed by atoms with Gasteiger partial charge in [-0.25, -0.2) is 9.37 Å². The Morgan fingerprint density at radius 1 is 1.59 bits per heavy atom. The minimum absolute atomic E-state index is 0.0976. The van der Waals surface area contributed by atoms with Crippen LogP contribution in [-0.4, -0.2) is 32.6 Å². The Morgan fingerprint density at radius 2 is 2.45 bits per heavy atom. The third-order valence-corrected chi connectivity index (χ3v) is 5.28. The number of aromatic amines is 1. The average Bonchev–Trinajstić information content (AvgIpc) is 2.92. The van der Waals surface area contributed by atoms with Crippen LogP contribution in [0.25, 0.3) is 0 Å². The van der Waals surface area contributed by atoms with Crippen LogP contribution in [0.2, 0.25) is 0 Å². The van der Waals surface area contributed by atoms with Crippen molar-refractivity contribution in [2.75, 3.05) is 11.5 Å². The van der Waals surface area contributed by atoms with Crippen LogP contribution in [0.15, 0.2) is 28.3 Å². The van der Waals surface area contributed by atoms with Gasteiger partial charge in [0.1, 0.15) is 11.6 Å². The monoisotopic (exact) mass is 338 g/mol. The molecule has 0 spiro atoms. The fraction of sp³-hybridized carbons (Fsp3) is 0.357. The van der Waals surface area contributed by atoms with Crippen LogP contribution in [0, 0.1) is 12.7 Å². The van der Waals surface area contributed by atoms with Gasteiger partial charge in [-0.05, 0) is 25.0 Å². The van der Waals surface area contributed by atoms with Crippen molar-refractivity contribution in [3.8, 4) is 0 Å². The number of amides is 1. The molecule has 116 valence electrons. The molecule has 1 atom stereocenters. The molecule has 5 nitrogen and oxygen atoms in total. The molecular formula is C14H15FN4OS2. The number of aromatic nitrogens is 3. The van der Waals surface area contributed by atoms with Crippen LogP contribution in [0.1, 0.15) is 23.9 Å². The fourth-order valence-electron chi connectivity index (χ4n) is 2.29. The number of carbonyl (C=O) groups excluding carboxylic acids is 1. The van der Waals surface area contributed by atoms with Gasteiger partial charge in [-0.2, -0.15) is 0 Å². The van der Waals surface area contributed by atoms with E-state index in [9.17, 15) is 9.18 Å². The fourth-order valence-corrected chi connectivity index (χ4v) is 4.09. The highest BCUT2D eigenvalue weighted by molar-refractivity contribution is 7.99. The van der Waals surface area contributed by atoms with Crippen molar-refractivity contribution in [3.05, 3.63) is 35.4 Å². The van der Waals surface area contributed by atoms with E-state index < -0.39 is 0 Å². The van der Waals surface area contributed by atoms with Crippen LogP contribution in [0.5, 0.6) is 0 Å². The van der Waals surface area contributed by atoms with Gasteiger partial charge in [-0.3, -0.25) is 9.89 Å². The summed E-state index contributed by atoms with van der Waals surface area (Å²) in [4.78, 5) is 16.9. The molecule has 1 aliphatic heterocycles. The van der Waals surface area contributed by atoms with E-state index in [0.29, 0.717) is 10.1 Å². The Hall–Kier alpha value is -1.54. The van der Waals surface area contributed by atoms with Crippen molar-refractivity contribution >= 4 is 29.4 Å². The molecule has 0 unspecified atom stereocenters. The average molecular weight is 338 g/mol. The van der Waals surface area contributed by atoms with Crippen molar-refractivity contribution in [1.82, 2.24) is 20.5 Å². The topological polar surface area (TPSA) is 70.7 Å². The van der Waals surface area contributed by atoms with Crippen molar-refractivity contribution in [2.45, 2.75) is 29.4 Å². The molecule has 8 heteroatoms. The summed E-state index contributed by atoms with van der Waals surface area (Å²) in [5, 5.41) is 10.2. The summed E-state index contributed by atoms with van der Waals surface area (Å²) in [6.45, 7) is 1.81. The molecule has 1 aliphatic rings. The van der Waals surface area contributed by atoms with Gasteiger partial charge in [0.25, 0.3) is 0 Å². The molecule has 0 bridgehead atoms. The molecule has 0 fully saturated rings. The van der Waals surface area contributed by atoms with E-state index in [4.69, 9.17) is 0 Å². The van der Waals surface area contributed by atoms with Gasteiger partial charge in [0.2, 0.25) is 11.1 Å². The Balaban J connectivity index is 1.62. The highest BCUT2D eigenvalue weighted by Gasteiger charge is 2.24. The van der Waals surface area contributed by atoms with Gasteiger partial charge in [0, 0.05) is 10.6 Å². The zero-order valence-electron chi connectivity index (χ0n) is 11.9.